The van der Waals surface area contributed by atoms with E-state index < -0.39 is 5.21 Å². The molecule has 1 aliphatic heterocycles. The van der Waals surface area contributed by atoms with E-state index >= 15 is 0 Å². The number of hydrogen-bond acceptors (Lipinski definition) is 3. The van der Waals surface area contributed by atoms with Crippen molar-refractivity contribution in [2.45, 2.75) is 31.4 Å². The molecule has 1 saturated heterocycles. The zero-order valence-electron chi connectivity index (χ0n) is 14.0. The Kier molecular flexibility index (Phi) is 3.78. The van der Waals surface area contributed by atoms with Crippen molar-refractivity contribution in [1.29, 1.82) is 0 Å². The second-order valence-corrected chi connectivity index (χ2v) is 7.20. The number of aromatic nitrogens is 3. The van der Waals surface area contributed by atoms with E-state index in [9.17, 15) is 0 Å². The molecule has 0 atom stereocenters. The zero-order chi connectivity index (χ0) is 16.7. The van der Waals surface area contributed by atoms with Crippen molar-refractivity contribution in [3.8, 4) is 0 Å². The van der Waals surface area contributed by atoms with Gasteiger partial charge in [0.25, 0.3) is 0 Å². The van der Waals surface area contributed by atoms with Crippen molar-refractivity contribution in [2.24, 2.45) is 5.92 Å². The zero-order valence-corrected chi connectivity index (χ0v) is 14.0. The predicted molar refractivity (Wildman–Crippen MR) is 99.9 cm³/mol. The van der Waals surface area contributed by atoms with Gasteiger partial charge in [-0.25, -0.2) is 4.98 Å². The van der Waals surface area contributed by atoms with Crippen molar-refractivity contribution in [2.75, 3.05) is 18.0 Å². The molecule has 6 heteroatoms. The van der Waals surface area contributed by atoms with E-state index in [4.69, 9.17) is 20.7 Å². The number of benzene rings is 1. The van der Waals surface area contributed by atoms with Crippen molar-refractivity contribution < 1.29 is 0 Å². The van der Waals surface area contributed by atoms with Crippen LogP contribution in [0.5, 0.6) is 0 Å². The number of hydrogen-bond donors (Lipinski definition) is 0. The molecule has 0 spiro atoms. The molecule has 0 N–H and O–H groups in total. The molecule has 118 valence electrons. The number of imidazole rings is 1. The quantitative estimate of drug-likeness (QED) is 0.697. The first-order valence-corrected chi connectivity index (χ1v) is 8.56. The van der Waals surface area contributed by atoms with Crippen molar-refractivity contribution in [1.82, 2.24) is 14.4 Å². The van der Waals surface area contributed by atoms with Gasteiger partial charge in [0.2, 0.25) is 5.78 Å². The predicted octanol–water partition coefficient (Wildman–Crippen LogP) is 2.96. The molecular formula is C18H20B2N4. The maximum atomic E-state index is 5.95. The maximum Gasteiger partial charge on any atom is 0.236 e. The molecule has 4 nitrogen and oxygen atoms in total. The van der Waals surface area contributed by atoms with Crippen molar-refractivity contribution >= 4 is 38.3 Å². The maximum absolute atomic E-state index is 5.95. The lowest BCUT2D eigenvalue weighted by Gasteiger charge is -2.35. The van der Waals surface area contributed by atoms with Crippen LogP contribution < -0.4 is 4.90 Å². The van der Waals surface area contributed by atoms with Crippen LogP contribution in [0.25, 0.3) is 16.8 Å². The highest BCUT2D eigenvalue weighted by molar-refractivity contribution is 6.39. The Morgan fingerprint density at radius 3 is 2.62 bits per heavy atom. The molecule has 2 aromatic heterocycles. The van der Waals surface area contributed by atoms with E-state index in [1.165, 1.54) is 0 Å². The third-order valence-corrected chi connectivity index (χ3v) is 4.83. The van der Waals surface area contributed by atoms with Gasteiger partial charge in [-0.05, 0) is 37.0 Å². The summed E-state index contributed by atoms with van der Waals surface area (Å²) in [5.74, 6) is 2.35. The van der Waals surface area contributed by atoms with E-state index in [0.717, 1.165) is 55.0 Å². The minimum Gasteiger partial charge on any atom is -0.356 e. The summed E-state index contributed by atoms with van der Waals surface area (Å²) in [6.07, 6.45) is 5.15. The highest BCUT2D eigenvalue weighted by Crippen LogP contribution is 2.32. The van der Waals surface area contributed by atoms with E-state index in [0.29, 0.717) is 5.92 Å². The van der Waals surface area contributed by atoms with Crippen molar-refractivity contribution in [3.63, 3.8) is 0 Å². The highest BCUT2D eigenvalue weighted by atomic mass is 15.2. The molecule has 0 aliphatic carbocycles. The molecule has 3 aromatic rings. The summed E-state index contributed by atoms with van der Waals surface area (Å²) in [6.45, 7) is 3.88. The topological polar surface area (TPSA) is 33.4 Å². The van der Waals surface area contributed by atoms with E-state index in [-0.39, 0.29) is 0 Å². The van der Waals surface area contributed by atoms with E-state index in [1.54, 1.807) is 0 Å². The third-order valence-electron chi connectivity index (χ3n) is 4.83. The summed E-state index contributed by atoms with van der Waals surface area (Å²) in [7, 11) is 11.9. The van der Waals surface area contributed by atoms with Crippen LogP contribution in [0, 0.1) is 5.92 Å². The number of nitrogens with zero attached hydrogens (tertiary/aromatic N) is 4. The molecule has 0 saturated carbocycles. The minimum atomic E-state index is -0.569. The third kappa shape index (κ3) is 3.02. The number of fused-ring (bicyclic) bond motifs is 3. The largest absolute Gasteiger partial charge is 0.356 e. The summed E-state index contributed by atoms with van der Waals surface area (Å²) >= 11 is 0. The van der Waals surface area contributed by atoms with Gasteiger partial charge in [0.15, 0.2) is 0 Å². The van der Waals surface area contributed by atoms with Crippen LogP contribution in [0.15, 0.2) is 36.5 Å². The molecule has 0 bridgehead atoms. The summed E-state index contributed by atoms with van der Waals surface area (Å²) < 4.78 is 2.04. The lowest BCUT2D eigenvalue weighted by atomic mass is 9.52. The van der Waals surface area contributed by atoms with Crippen LogP contribution in [0.2, 0.25) is 5.21 Å². The first kappa shape index (κ1) is 15.6. The molecule has 1 aliphatic rings. The van der Waals surface area contributed by atoms with Gasteiger partial charge in [-0.15, -0.1) is 5.21 Å². The first-order valence-electron chi connectivity index (χ1n) is 8.56. The van der Waals surface area contributed by atoms with Crippen LogP contribution in [-0.4, -0.2) is 43.2 Å². The average Bonchev–Trinajstić information content (AvgIpc) is 2.91. The molecule has 0 amide bonds. The second-order valence-electron chi connectivity index (χ2n) is 7.20. The van der Waals surface area contributed by atoms with Gasteiger partial charge < -0.3 is 4.90 Å². The Morgan fingerprint density at radius 2 is 1.88 bits per heavy atom. The van der Waals surface area contributed by atoms with Gasteiger partial charge in [-0.3, -0.25) is 4.40 Å². The smallest absolute Gasteiger partial charge is 0.236 e. The molecule has 0 unspecified atom stereocenters. The second kappa shape index (κ2) is 5.83. The van der Waals surface area contributed by atoms with Crippen LogP contribution in [-0.2, 0) is 0 Å². The number of para-hydroxylation sites is 2. The first-order chi connectivity index (χ1) is 11.5. The van der Waals surface area contributed by atoms with Crippen LogP contribution >= 0.6 is 0 Å². The van der Waals surface area contributed by atoms with Gasteiger partial charge in [-0.1, -0.05) is 25.5 Å². The molecule has 1 aromatic carbocycles. The monoisotopic (exact) mass is 314 g/mol. The minimum absolute atomic E-state index is 0.569. The molecule has 3 heterocycles. The van der Waals surface area contributed by atoms with E-state index in [2.05, 4.69) is 28.2 Å². The molecule has 1 fully saturated rings. The Balaban J connectivity index is 1.54. The lowest BCUT2D eigenvalue weighted by Crippen LogP contribution is -2.35. The number of piperidine rings is 1. The van der Waals surface area contributed by atoms with Gasteiger partial charge in [-0.2, -0.15) is 4.98 Å². The van der Waals surface area contributed by atoms with E-state index in [1.807, 2.05) is 29.5 Å². The highest BCUT2D eigenvalue weighted by Gasteiger charge is 2.24. The lowest BCUT2D eigenvalue weighted by molar-refractivity contribution is 0.367. The normalized spacial score (nSPS) is 17.0. The Morgan fingerprint density at radius 1 is 1.12 bits per heavy atom. The van der Waals surface area contributed by atoms with Gasteiger partial charge in [0.05, 0.1) is 26.7 Å². The van der Waals surface area contributed by atoms with Crippen molar-refractivity contribution in [3.05, 3.63) is 36.5 Å². The number of rotatable bonds is 3. The van der Waals surface area contributed by atoms with Gasteiger partial charge in [0.1, 0.15) is 5.82 Å². The van der Waals surface area contributed by atoms with Gasteiger partial charge in [0, 0.05) is 19.3 Å². The Hall–Kier alpha value is -1.97. The fourth-order valence-electron chi connectivity index (χ4n) is 3.70. The fourth-order valence-corrected chi connectivity index (χ4v) is 3.70. The summed E-state index contributed by atoms with van der Waals surface area (Å²) in [5, 5.41) is -0.569. The van der Waals surface area contributed by atoms with Crippen LogP contribution in [0.3, 0.4) is 0 Å². The van der Waals surface area contributed by atoms with Crippen LogP contribution in [0.1, 0.15) is 26.2 Å². The average molecular weight is 314 g/mol. The summed E-state index contributed by atoms with van der Waals surface area (Å²) in [5.41, 5.74) is 2.07. The van der Waals surface area contributed by atoms with Crippen LogP contribution in [0.4, 0.5) is 5.82 Å². The standard InChI is InChI=1S/C18H20B2N4/c1-18(19,20)12-13-6-9-23(10-7-13)16-8-11-24-15-5-3-2-4-14(15)21-17(24)22-16/h2-5,8,11,13H,6-7,9-10,12H2,1H3. The fraction of sp³-hybridized carbons (Fsp3) is 0.444. The van der Waals surface area contributed by atoms with Gasteiger partial charge >= 0.3 is 0 Å². The Bertz CT molecular complexity index is 860. The summed E-state index contributed by atoms with van der Waals surface area (Å²) in [4.78, 5) is 11.7. The molecular weight excluding hydrogens is 294 g/mol. The summed E-state index contributed by atoms with van der Waals surface area (Å²) in [6, 6.07) is 10.2. The SMILES string of the molecule is [B]C([B])(C)CC1CCN(c2ccn3c(n2)nc2ccccc23)CC1. The molecule has 4 rings (SSSR count). The Labute approximate surface area is 145 Å². The molecule has 24 heavy (non-hydrogen) atoms. The number of anilines is 1. The molecule has 4 radical (unpaired) electrons.